The molecule has 23 heavy (non-hydrogen) atoms. The van der Waals surface area contributed by atoms with Gasteiger partial charge in [0, 0.05) is 45.2 Å². The summed E-state index contributed by atoms with van der Waals surface area (Å²) in [5.41, 5.74) is 0. The molecule has 0 spiro atoms. The van der Waals surface area contributed by atoms with Gasteiger partial charge in [0.15, 0.2) is 0 Å². The molecule has 2 N–H and O–H groups in total. The van der Waals surface area contributed by atoms with E-state index >= 15 is 0 Å². The van der Waals surface area contributed by atoms with Gasteiger partial charge in [-0.3, -0.25) is 9.69 Å². The van der Waals surface area contributed by atoms with Gasteiger partial charge in [-0.05, 0) is 18.8 Å². The molecule has 0 aromatic carbocycles. The van der Waals surface area contributed by atoms with E-state index in [0.717, 1.165) is 64.4 Å². The number of nitrogens with one attached hydrogen (secondary N) is 2. The zero-order valence-corrected chi connectivity index (χ0v) is 15.6. The van der Waals surface area contributed by atoms with E-state index in [1.807, 2.05) is 0 Å². The van der Waals surface area contributed by atoms with Gasteiger partial charge in [0.05, 0.1) is 0 Å². The van der Waals surface area contributed by atoms with Gasteiger partial charge in [-0.25, -0.2) is 0 Å². The van der Waals surface area contributed by atoms with Gasteiger partial charge in [0.1, 0.15) is 0 Å². The molecule has 0 aromatic rings. The van der Waals surface area contributed by atoms with E-state index in [2.05, 4.69) is 22.5 Å². The monoisotopic (exact) mass is 345 g/mol. The van der Waals surface area contributed by atoms with Crippen molar-refractivity contribution >= 4 is 18.3 Å². The number of hydrogen-bond acceptors (Lipinski definition) is 3. The van der Waals surface area contributed by atoms with Crippen LogP contribution in [0.3, 0.4) is 0 Å². The van der Waals surface area contributed by atoms with E-state index in [0.29, 0.717) is 5.91 Å². The Morgan fingerprint density at radius 2 is 1.91 bits per heavy atom. The Hall–Kier alpha value is -0.320. The molecule has 1 saturated carbocycles. The first-order valence-corrected chi connectivity index (χ1v) is 9.50. The number of rotatable bonds is 8. The Morgan fingerprint density at radius 1 is 1.22 bits per heavy atom. The van der Waals surface area contributed by atoms with Crippen LogP contribution < -0.4 is 10.6 Å². The van der Waals surface area contributed by atoms with Crippen LogP contribution in [0, 0.1) is 11.8 Å². The summed E-state index contributed by atoms with van der Waals surface area (Å²) in [7, 11) is 0. The smallest absolute Gasteiger partial charge is 0.223 e. The fraction of sp³-hybridized carbons (Fsp3) is 0.944. The van der Waals surface area contributed by atoms with Crippen molar-refractivity contribution in [1.82, 2.24) is 15.5 Å². The van der Waals surface area contributed by atoms with Gasteiger partial charge in [0.2, 0.25) is 5.91 Å². The van der Waals surface area contributed by atoms with Crippen LogP contribution in [-0.4, -0.2) is 50.1 Å². The Balaban J connectivity index is 0.00000264. The maximum absolute atomic E-state index is 12.5. The molecule has 1 heterocycles. The summed E-state index contributed by atoms with van der Waals surface area (Å²) in [6, 6.07) is 0. The average Bonchev–Trinajstić information content (AvgIpc) is 2.56. The number of halogens is 1. The molecule has 0 aromatic heterocycles. The summed E-state index contributed by atoms with van der Waals surface area (Å²) in [5, 5.41) is 6.57. The van der Waals surface area contributed by atoms with E-state index in [9.17, 15) is 4.79 Å². The van der Waals surface area contributed by atoms with Crippen LogP contribution in [0.2, 0.25) is 0 Å². The van der Waals surface area contributed by atoms with Crippen molar-refractivity contribution in [3.63, 3.8) is 0 Å². The van der Waals surface area contributed by atoms with Crippen molar-refractivity contribution < 1.29 is 4.79 Å². The minimum Gasteiger partial charge on any atom is -0.355 e. The van der Waals surface area contributed by atoms with Gasteiger partial charge in [0.25, 0.3) is 0 Å². The predicted octanol–water partition coefficient (Wildman–Crippen LogP) is 2.82. The summed E-state index contributed by atoms with van der Waals surface area (Å²) in [6.07, 6.45) is 10.1. The van der Waals surface area contributed by atoms with E-state index < -0.39 is 0 Å². The van der Waals surface area contributed by atoms with Crippen LogP contribution >= 0.6 is 12.4 Å². The van der Waals surface area contributed by atoms with Gasteiger partial charge in [-0.1, -0.05) is 45.4 Å². The molecular weight excluding hydrogens is 310 g/mol. The van der Waals surface area contributed by atoms with Crippen molar-refractivity contribution in [2.75, 3.05) is 39.3 Å². The maximum atomic E-state index is 12.5. The molecule has 1 saturated heterocycles. The third kappa shape index (κ3) is 7.86. The molecule has 5 heteroatoms. The molecule has 0 bridgehead atoms. The van der Waals surface area contributed by atoms with Crippen LogP contribution in [-0.2, 0) is 4.79 Å². The lowest BCUT2D eigenvalue weighted by molar-refractivity contribution is -0.126. The molecule has 1 aliphatic carbocycles. The molecule has 1 aliphatic heterocycles. The van der Waals surface area contributed by atoms with E-state index in [-0.39, 0.29) is 18.3 Å². The minimum absolute atomic E-state index is 0. The Morgan fingerprint density at radius 3 is 2.57 bits per heavy atom. The van der Waals surface area contributed by atoms with Crippen LogP contribution in [0.1, 0.15) is 58.3 Å². The topological polar surface area (TPSA) is 44.4 Å². The number of hydrogen-bond donors (Lipinski definition) is 2. The SMILES string of the molecule is CCCC(CC1CCCCC1)C(=O)NCCN1CCNCC1.Cl. The second-order valence-electron chi connectivity index (χ2n) is 7.11. The Bertz CT molecular complexity index is 315. The lowest BCUT2D eigenvalue weighted by Gasteiger charge is -2.28. The summed E-state index contributed by atoms with van der Waals surface area (Å²) in [6.45, 7) is 8.37. The van der Waals surface area contributed by atoms with Crippen molar-refractivity contribution in [1.29, 1.82) is 0 Å². The fourth-order valence-corrected chi connectivity index (χ4v) is 3.95. The second kappa shape index (κ2) is 12.1. The first-order valence-electron chi connectivity index (χ1n) is 9.50. The molecule has 2 fully saturated rings. The number of carbonyl (C=O) groups is 1. The van der Waals surface area contributed by atoms with Crippen molar-refractivity contribution in [2.45, 2.75) is 58.3 Å². The standard InChI is InChI=1S/C18H35N3O.ClH/c1-2-6-17(15-16-7-4-3-5-8-16)18(22)20-11-14-21-12-9-19-10-13-21;/h16-17,19H,2-15H2,1H3,(H,20,22);1H. The molecule has 2 rings (SSSR count). The molecule has 0 radical (unpaired) electrons. The highest BCUT2D eigenvalue weighted by Gasteiger charge is 2.23. The Kier molecular flexibility index (Phi) is 10.9. The van der Waals surface area contributed by atoms with Gasteiger partial charge >= 0.3 is 0 Å². The normalized spacial score (nSPS) is 21.4. The summed E-state index contributed by atoms with van der Waals surface area (Å²) in [4.78, 5) is 14.9. The molecule has 136 valence electrons. The molecule has 4 nitrogen and oxygen atoms in total. The number of carbonyl (C=O) groups excluding carboxylic acids is 1. The number of piperazine rings is 1. The van der Waals surface area contributed by atoms with E-state index in [1.54, 1.807) is 0 Å². The summed E-state index contributed by atoms with van der Waals surface area (Å²) in [5.74, 6) is 1.35. The second-order valence-corrected chi connectivity index (χ2v) is 7.11. The van der Waals surface area contributed by atoms with E-state index in [4.69, 9.17) is 0 Å². The lowest BCUT2D eigenvalue weighted by atomic mass is 9.81. The third-order valence-corrected chi connectivity index (χ3v) is 5.29. The van der Waals surface area contributed by atoms with Crippen LogP contribution in [0.25, 0.3) is 0 Å². The van der Waals surface area contributed by atoms with Gasteiger partial charge < -0.3 is 10.6 Å². The molecule has 1 amide bonds. The largest absolute Gasteiger partial charge is 0.355 e. The van der Waals surface area contributed by atoms with Crippen LogP contribution in [0.15, 0.2) is 0 Å². The van der Waals surface area contributed by atoms with Gasteiger partial charge in [-0.2, -0.15) is 0 Å². The number of amides is 1. The maximum Gasteiger partial charge on any atom is 0.223 e. The van der Waals surface area contributed by atoms with Crippen LogP contribution in [0.5, 0.6) is 0 Å². The highest BCUT2D eigenvalue weighted by molar-refractivity contribution is 5.85. The lowest BCUT2D eigenvalue weighted by Crippen LogP contribution is -2.46. The summed E-state index contributed by atoms with van der Waals surface area (Å²) >= 11 is 0. The fourth-order valence-electron chi connectivity index (χ4n) is 3.95. The highest BCUT2D eigenvalue weighted by atomic mass is 35.5. The van der Waals surface area contributed by atoms with Gasteiger partial charge in [-0.15, -0.1) is 12.4 Å². The molecule has 1 unspecified atom stereocenters. The first-order chi connectivity index (χ1) is 10.8. The summed E-state index contributed by atoms with van der Waals surface area (Å²) < 4.78 is 0. The van der Waals surface area contributed by atoms with E-state index in [1.165, 1.54) is 32.1 Å². The Labute approximate surface area is 148 Å². The average molecular weight is 346 g/mol. The minimum atomic E-state index is 0. The van der Waals surface area contributed by atoms with Crippen LogP contribution in [0.4, 0.5) is 0 Å². The predicted molar refractivity (Wildman–Crippen MR) is 99.2 cm³/mol. The first kappa shape index (κ1) is 20.7. The highest BCUT2D eigenvalue weighted by Crippen LogP contribution is 2.30. The molecule has 2 aliphatic rings. The molecule has 1 atom stereocenters. The van der Waals surface area contributed by atoms with Crippen molar-refractivity contribution in [3.05, 3.63) is 0 Å². The zero-order valence-electron chi connectivity index (χ0n) is 14.8. The van der Waals surface area contributed by atoms with Crippen molar-refractivity contribution in [3.8, 4) is 0 Å². The number of nitrogens with zero attached hydrogens (tertiary/aromatic N) is 1. The molecular formula is C18H36ClN3O. The quantitative estimate of drug-likeness (QED) is 0.711. The zero-order chi connectivity index (χ0) is 15.6. The third-order valence-electron chi connectivity index (χ3n) is 5.29. The van der Waals surface area contributed by atoms with Crippen molar-refractivity contribution in [2.24, 2.45) is 11.8 Å².